The molecule has 4 aromatic rings. The summed E-state index contributed by atoms with van der Waals surface area (Å²) in [6, 6.07) is 9.40. The number of aromatic nitrogens is 3. The van der Waals surface area contributed by atoms with Gasteiger partial charge in [-0.1, -0.05) is 23.9 Å². The number of rotatable bonds is 5. The van der Waals surface area contributed by atoms with Crippen molar-refractivity contribution in [2.45, 2.75) is 18.9 Å². The van der Waals surface area contributed by atoms with E-state index in [0.717, 1.165) is 36.7 Å². The number of nitrogens with zero attached hydrogens (tertiary/aromatic N) is 3. The molecule has 0 bridgehead atoms. The molecule has 0 saturated carbocycles. The third kappa shape index (κ3) is 3.53. The normalized spacial score (nSPS) is 11.1. The van der Waals surface area contributed by atoms with Crippen molar-refractivity contribution in [2.24, 2.45) is 0 Å². The molecule has 3 heterocycles. The van der Waals surface area contributed by atoms with Crippen LogP contribution in [0.5, 0.6) is 5.75 Å². The highest BCUT2D eigenvalue weighted by Crippen LogP contribution is 2.38. The van der Waals surface area contributed by atoms with Gasteiger partial charge in [0.1, 0.15) is 21.9 Å². The van der Waals surface area contributed by atoms with Crippen molar-refractivity contribution >= 4 is 55.1 Å². The van der Waals surface area contributed by atoms with Crippen LogP contribution in [-0.4, -0.2) is 33.7 Å². The summed E-state index contributed by atoms with van der Waals surface area (Å²) in [6.45, 7) is 4.05. The van der Waals surface area contributed by atoms with Crippen molar-refractivity contribution in [2.75, 3.05) is 18.2 Å². The molecule has 0 spiro atoms. The van der Waals surface area contributed by atoms with Gasteiger partial charge in [-0.05, 0) is 37.6 Å². The largest absolute Gasteiger partial charge is 0.495 e. The number of aryl methyl sites for hydroxylation is 2. The quantitative estimate of drug-likeness (QED) is 0.383. The van der Waals surface area contributed by atoms with Crippen LogP contribution in [0.3, 0.4) is 0 Å². The number of thioether (sulfide) groups is 1. The number of hydrogen-bond donors (Lipinski definition) is 1. The second kappa shape index (κ2) is 7.73. The molecule has 28 heavy (non-hydrogen) atoms. The summed E-state index contributed by atoms with van der Waals surface area (Å²) in [4.78, 5) is 26.9. The Hall–Kier alpha value is -2.71. The lowest BCUT2D eigenvalue weighted by atomic mass is 10.1. The van der Waals surface area contributed by atoms with E-state index in [1.165, 1.54) is 11.8 Å². The zero-order valence-corrected chi connectivity index (χ0v) is 17.3. The number of anilines is 1. The van der Waals surface area contributed by atoms with Gasteiger partial charge >= 0.3 is 0 Å². The summed E-state index contributed by atoms with van der Waals surface area (Å²) >= 11 is 2.96. The second-order valence-electron chi connectivity index (χ2n) is 6.26. The maximum absolute atomic E-state index is 12.4. The van der Waals surface area contributed by atoms with Gasteiger partial charge in [0.25, 0.3) is 0 Å². The Balaban J connectivity index is 1.58. The number of methoxy groups -OCH3 is 1. The van der Waals surface area contributed by atoms with E-state index in [2.05, 4.69) is 33.3 Å². The lowest BCUT2D eigenvalue weighted by Crippen LogP contribution is -2.14. The maximum Gasteiger partial charge on any atom is 0.234 e. The minimum Gasteiger partial charge on any atom is -0.495 e. The fraction of sp³-hybridized carbons (Fsp3) is 0.200. The number of nitrogens with one attached hydrogen (secondary N) is 1. The summed E-state index contributed by atoms with van der Waals surface area (Å²) < 4.78 is 6.24. The Morgan fingerprint density at radius 3 is 2.89 bits per heavy atom. The van der Waals surface area contributed by atoms with Crippen LogP contribution < -0.4 is 10.1 Å². The van der Waals surface area contributed by atoms with E-state index in [-0.39, 0.29) is 11.7 Å². The first-order valence-corrected chi connectivity index (χ1v) is 10.4. The molecular formula is C20H18N4O2S2. The molecule has 0 aliphatic carbocycles. The number of hydrogen-bond acceptors (Lipinski definition) is 7. The predicted octanol–water partition coefficient (Wildman–Crippen LogP) is 4.60. The molecule has 4 rings (SSSR count). The average Bonchev–Trinajstić information content (AvgIpc) is 3.05. The fourth-order valence-corrected chi connectivity index (χ4v) is 5.19. The molecule has 0 unspecified atom stereocenters. The molecule has 0 fully saturated rings. The number of ether oxygens (including phenoxy) is 1. The Morgan fingerprint density at radius 2 is 2.07 bits per heavy atom. The summed E-state index contributed by atoms with van der Waals surface area (Å²) in [5.41, 5.74) is 3.68. The molecule has 6 nitrogen and oxygen atoms in total. The highest BCUT2D eigenvalue weighted by molar-refractivity contribution is 8.00. The summed E-state index contributed by atoms with van der Waals surface area (Å²) in [5.74, 6) is 0.753. The van der Waals surface area contributed by atoms with E-state index in [0.29, 0.717) is 11.4 Å². The van der Waals surface area contributed by atoms with Gasteiger partial charge in [-0.15, -0.1) is 11.3 Å². The van der Waals surface area contributed by atoms with Crippen molar-refractivity contribution in [1.29, 1.82) is 0 Å². The van der Waals surface area contributed by atoms with E-state index >= 15 is 0 Å². The van der Waals surface area contributed by atoms with E-state index in [4.69, 9.17) is 4.74 Å². The van der Waals surface area contributed by atoms with Gasteiger partial charge in [0.05, 0.1) is 28.8 Å². The number of pyridine rings is 1. The van der Waals surface area contributed by atoms with Gasteiger partial charge in [-0.3, -0.25) is 4.79 Å². The molecule has 142 valence electrons. The van der Waals surface area contributed by atoms with Crippen molar-refractivity contribution < 1.29 is 9.53 Å². The first-order valence-electron chi connectivity index (χ1n) is 8.64. The number of fused-ring (bicyclic) bond motifs is 3. The van der Waals surface area contributed by atoms with Crippen LogP contribution in [0.1, 0.15) is 11.3 Å². The number of amides is 1. The predicted molar refractivity (Wildman–Crippen MR) is 115 cm³/mol. The minimum absolute atomic E-state index is 0.118. The summed E-state index contributed by atoms with van der Waals surface area (Å²) in [7, 11) is 1.58. The SMILES string of the molecule is COc1ccccc1NC(=O)CSc1ncnc2c1sc1nc(C)cc(C)c12. The number of benzene rings is 1. The van der Waals surface area contributed by atoms with E-state index in [1.54, 1.807) is 24.8 Å². The molecule has 0 aliphatic rings. The van der Waals surface area contributed by atoms with Crippen LogP contribution in [0.4, 0.5) is 5.69 Å². The van der Waals surface area contributed by atoms with Crippen LogP contribution in [0.15, 0.2) is 41.7 Å². The van der Waals surface area contributed by atoms with Crippen LogP contribution >= 0.6 is 23.1 Å². The van der Waals surface area contributed by atoms with Gasteiger partial charge < -0.3 is 10.1 Å². The Labute approximate surface area is 170 Å². The van der Waals surface area contributed by atoms with Crippen molar-refractivity contribution in [3.63, 3.8) is 0 Å². The molecule has 1 amide bonds. The van der Waals surface area contributed by atoms with Crippen LogP contribution in [0.25, 0.3) is 20.4 Å². The van der Waals surface area contributed by atoms with E-state index < -0.39 is 0 Å². The highest BCUT2D eigenvalue weighted by Gasteiger charge is 2.16. The van der Waals surface area contributed by atoms with Crippen molar-refractivity contribution in [3.05, 3.63) is 47.9 Å². The third-order valence-corrected chi connectivity index (χ3v) is 6.44. The number of para-hydroxylation sites is 2. The molecule has 0 atom stereocenters. The minimum atomic E-state index is -0.118. The molecule has 0 aliphatic heterocycles. The fourth-order valence-electron chi connectivity index (χ4n) is 3.06. The van der Waals surface area contributed by atoms with Gasteiger partial charge in [0.2, 0.25) is 5.91 Å². The number of thiophene rings is 1. The number of carbonyl (C=O) groups is 1. The Morgan fingerprint density at radius 1 is 1.25 bits per heavy atom. The lowest BCUT2D eigenvalue weighted by Gasteiger charge is -2.09. The Kier molecular flexibility index (Phi) is 5.15. The first kappa shape index (κ1) is 18.6. The zero-order chi connectivity index (χ0) is 19.7. The molecule has 8 heteroatoms. The lowest BCUT2D eigenvalue weighted by molar-refractivity contribution is -0.113. The maximum atomic E-state index is 12.4. The summed E-state index contributed by atoms with van der Waals surface area (Å²) in [6.07, 6.45) is 1.55. The van der Waals surface area contributed by atoms with E-state index in [9.17, 15) is 4.79 Å². The smallest absolute Gasteiger partial charge is 0.234 e. The van der Waals surface area contributed by atoms with Crippen LogP contribution in [0.2, 0.25) is 0 Å². The van der Waals surface area contributed by atoms with Gasteiger partial charge in [0.15, 0.2) is 0 Å². The molecular weight excluding hydrogens is 392 g/mol. The van der Waals surface area contributed by atoms with Gasteiger partial charge in [-0.25, -0.2) is 15.0 Å². The highest BCUT2D eigenvalue weighted by atomic mass is 32.2. The van der Waals surface area contributed by atoms with E-state index in [1.807, 2.05) is 31.2 Å². The molecule has 0 radical (unpaired) electrons. The molecule has 0 saturated heterocycles. The Bertz CT molecular complexity index is 1190. The topological polar surface area (TPSA) is 77.0 Å². The van der Waals surface area contributed by atoms with Gasteiger partial charge in [0, 0.05) is 11.1 Å². The molecule has 1 N–H and O–H groups in total. The second-order valence-corrected chi connectivity index (χ2v) is 8.22. The first-order chi connectivity index (χ1) is 13.6. The standard InChI is InChI=1S/C20H18N4O2S2/c1-11-8-12(2)23-19-16(11)17-18(28-19)20(22-10-21-17)27-9-15(25)24-13-6-4-5-7-14(13)26-3/h4-8,10H,9H2,1-3H3,(H,24,25). The van der Waals surface area contributed by atoms with Crippen LogP contribution in [0, 0.1) is 13.8 Å². The van der Waals surface area contributed by atoms with Gasteiger partial charge in [-0.2, -0.15) is 0 Å². The van der Waals surface area contributed by atoms with Crippen molar-refractivity contribution in [3.8, 4) is 5.75 Å². The monoisotopic (exact) mass is 410 g/mol. The average molecular weight is 411 g/mol. The third-order valence-electron chi connectivity index (χ3n) is 4.24. The van der Waals surface area contributed by atoms with Crippen LogP contribution in [-0.2, 0) is 4.79 Å². The number of carbonyl (C=O) groups excluding carboxylic acids is 1. The zero-order valence-electron chi connectivity index (χ0n) is 15.6. The van der Waals surface area contributed by atoms with Crippen molar-refractivity contribution in [1.82, 2.24) is 15.0 Å². The molecule has 3 aromatic heterocycles. The molecule has 1 aromatic carbocycles. The summed E-state index contributed by atoms with van der Waals surface area (Å²) in [5, 5.41) is 4.74.